The van der Waals surface area contributed by atoms with Crippen molar-refractivity contribution in [1.29, 1.82) is 0 Å². The van der Waals surface area contributed by atoms with Gasteiger partial charge in [-0.25, -0.2) is 9.50 Å². The number of hydrogen-bond acceptors (Lipinski definition) is 4. The van der Waals surface area contributed by atoms with E-state index in [-0.39, 0.29) is 12.1 Å². The van der Waals surface area contributed by atoms with Crippen LogP contribution in [0.1, 0.15) is 36.1 Å². The summed E-state index contributed by atoms with van der Waals surface area (Å²) in [6, 6.07) is 0. The van der Waals surface area contributed by atoms with Crippen LogP contribution in [0.25, 0.3) is 5.65 Å². The molecule has 3 heterocycles. The van der Waals surface area contributed by atoms with Gasteiger partial charge in [0.2, 0.25) is 5.82 Å². The fourth-order valence-corrected chi connectivity index (χ4v) is 3.55. The van der Waals surface area contributed by atoms with Gasteiger partial charge in [0.1, 0.15) is 0 Å². The van der Waals surface area contributed by atoms with E-state index in [1.807, 2.05) is 6.92 Å². The first-order valence-corrected chi connectivity index (χ1v) is 7.28. The maximum absolute atomic E-state index is 13.9. The molecule has 0 bridgehead atoms. The van der Waals surface area contributed by atoms with Gasteiger partial charge in [0.05, 0.1) is 17.8 Å². The van der Waals surface area contributed by atoms with Crippen molar-refractivity contribution in [3.8, 4) is 0 Å². The van der Waals surface area contributed by atoms with Crippen molar-refractivity contribution in [3.63, 3.8) is 0 Å². The molecule has 2 unspecified atom stereocenters. The van der Waals surface area contributed by atoms with Crippen LogP contribution in [0.2, 0.25) is 0 Å². The molecule has 7 nitrogen and oxygen atoms in total. The summed E-state index contributed by atoms with van der Waals surface area (Å²) in [6.45, 7) is 1.82. The van der Waals surface area contributed by atoms with E-state index in [0.717, 1.165) is 10.1 Å². The number of rotatable bonds is 2. The van der Waals surface area contributed by atoms with Gasteiger partial charge in [0, 0.05) is 36.0 Å². The fraction of sp³-hybridized carbons (Fsp3) is 0.333. The van der Waals surface area contributed by atoms with E-state index in [1.165, 1.54) is 6.20 Å². The lowest BCUT2D eigenvalue weighted by Gasteiger charge is -2.24. The lowest BCUT2D eigenvalue weighted by molar-refractivity contribution is -0.138. The number of carbonyl (C=O) groups is 1. The minimum atomic E-state index is -1.26. The number of fused-ring (bicyclic) bond motifs is 3. The quantitative estimate of drug-likeness (QED) is 0.770. The van der Waals surface area contributed by atoms with E-state index in [0.29, 0.717) is 11.3 Å². The standard InChI is InChI=1S/C15H13F2N5O2/c1-15(7-4-19-21(2)6-7)3-8(14(23)24)9-5-18-13-10(16)12(17)20-22(13)11(9)15/h4-6,8H,3H2,1-2H3,(H,23,24). The zero-order valence-electron chi connectivity index (χ0n) is 12.9. The van der Waals surface area contributed by atoms with Gasteiger partial charge in [0.25, 0.3) is 5.95 Å². The summed E-state index contributed by atoms with van der Waals surface area (Å²) in [7, 11) is 1.74. The van der Waals surface area contributed by atoms with Crippen molar-refractivity contribution < 1.29 is 18.7 Å². The molecule has 9 heteroatoms. The molecule has 1 aliphatic rings. The molecule has 0 aliphatic heterocycles. The monoisotopic (exact) mass is 333 g/mol. The highest BCUT2D eigenvalue weighted by Crippen LogP contribution is 2.49. The predicted molar refractivity (Wildman–Crippen MR) is 77.6 cm³/mol. The second-order valence-electron chi connectivity index (χ2n) is 6.23. The molecule has 0 saturated carbocycles. The average molecular weight is 333 g/mol. The van der Waals surface area contributed by atoms with Gasteiger partial charge in [-0.1, -0.05) is 0 Å². The number of halogens is 2. The van der Waals surface area contributed by atoms with Gasteiger partial charge in [-0.3, -0.25) is 9.48 Å². The van der Waals surface area contributed by atoms with E-state index in [1.54, 1.807) is 24.1 Å². The molecular formula is C15H13F2N5O2. The Hall–Kier alpha value is -2.84. The number of nitrogens with zero attached hydrogens (tertiary/aromatic N) is 5. The zero-order valence-corrected chi connectivity index (χ0v) is 12.9. The summed E-state index contributed by atoms with van der Waals surface area (Å²) >= 11 is 0. The third-order valence-corrected chi connectivity index (χ3v) is 4.73. The highest BCUT2D eigenvalue weighted by atomic mass is 19.2. The van der Waals surface area contributed by atoms with Crippen LogP contribution in [-0.4, -0.2) is 35.5 Å². The second kappa shape index (κ2) is 4.59. The van der Waals surface area contributed by atoms with Gasteiger partial charge < -0.3 is 5.11 Å². The van der Waals surface area contributed by atoms with E-state index in [4.69, 9.17) is 0 Å². The number of carboxylic acid groups (broad SMARTS) is 1. The Balaban J connectivity index is 2.08. The van der Waals surface area contributed by atoms with Gasteiger partial charge in [0.15, 0.2) is 5.65 Å². The maximum Gasteiger partial charge on any atom is 0.311 e. The Morgan fingerprint density at radius 3 is 2.79 bits per heavy atom. The Bertz CT molecular complexity index is 995. The van der Waals surface area contributed by atoms with Crippen LogP contribution in [-0.2, 0) is 17.3 Å². The summed E-state index contributed by atoms with van der Waals surface area (Å²) in [6.07, 6.45) is 4.91. The highest BCUT2D eigenvalue weighted by Gasteiger charge is 2.48. The normalized spacial score (nSPS) is 22.9. The molecule has 0 spiro atoms. The molecule has 24 heavy (non-hydrogen) atoms. The molecule has 4 rings (SSSR count). The Morgan fingerprint density at radius 2 is 2.17 bits per heavy atom. The molecule has 0 fully saturated rings. The smallest absolute Gasteiger partial charge is 0.311 e. The van der Waals surface area contributed by atoms with Crippen LogP contribution in [0.5, 0.6) is 0 Å². The third kappa shape index (κ3) is 1.75. The van der Waals surface area contributed by atoms with Crippen LogP contribution in [0, 0.1) is 11.8 Å². The number of aliphatic carboxylic acids is 1. The van der Waals surface area contributed by atoms with Crippen molar-refractivity contribution in [2.75, 3.05) is 0 Å². The van der Waals surface area contributed by atoms with Crippen LogP contribution < -0.4 is 0 Å². The molecule has 2 atom stereocenters. The zero-order chi connectivity index (χ0) is 17.2. The second-order valence-corrected chi connectivity index (χ2v) is 6.23. The fourth-order valence-electron chi connectivity index (χ4n) is 3.55. The SMILES string of the molecule is Cn1cc(C2(C)CC(C(=O)O)c3cnc4c(F)c(F)nn4c32)cn1. The molecule has 0 saturated heterocycles. The summed E-state index contributed by atoms with van der Waals surface area (Å²) in [5.41, 5.74) is 0.518. The minimum Gasteiger partial charge on any atom is -0.481 e. The Labute approximate surface area is 134 Å². The molecule has 124 valence electrons. The summed E-state index contributed by atoms with van der Waals surface area (Å²) in [4.78, 5) is 15.5. The van der Waals surface area contributed by atoms with Crippen molar-refractivity contribution in [2.45, 2.75) is 24.7 Å². The third-order valence-electron chi connectivity index (χ3n) is 4.73. The predicted octanol–water partition coefficient (Wildman–Crippen LogP) is 1.62. The topological polar surface area (TPSA) is 85.3 Å². The molecule has 0 radical (unpaired) electrons. The minimum absolute atomic E-state index is 0.229. The largest absolute Gasteiger partial charge is 0.481 e. The van der Waals surface area contributed by atoms with E-state index >= 15 is 0 Å². The molecule has 3 aromatic rings. The van der Waals surface area contributed by atoms with E-state index in [9.17, 15) is 18.7 Å². The lowest BCUT2D eigenvalue weighted by atomic mass is 9.81. The summed E-state index contributed by atoms with van der Waals surface area (Å²) < 4.78 is 30.2. The first kappa shape index (κ1) is 14.7. The maximum atomic E-state index is 13.9. The van der Waals surface area contributed by atoms with Crippen molar-refractivity contribution in [1.82, 2.24) is 24.4 Å². The van der Waals surface area contributed by atoms with E-state index in [2.05, 4.69) is 15.2 Å². The number of carboxylic acids is 1. The summed E-state index contributed by atoms with van der Waals surface area (Å²) in [5, 5.41) is 17.3. The van der Waals surface area contributed by atoms with Gasteiger partial charge in [-0.05, 0) is 13.3 Å². The molecule has 1 N–H and O–H groups in total. The number of aryl methyl sites for hydroxylation is 1. The van der Waals surface area contributed by atoms with Gasteiger partial charge >= 0.3 is 5.97 Å². The Kier molecular flexibility index (Phi) is 2.82. The van der Waals surface area contributed by atoms with Crippen molar-refractivity contribution >= 4 is 11.6 Å². The van der Waals surface area contributed by atoms with Crippen molar-refractivity contribution in [3.05, 3.63) is 47.2 Å². The number of hydrogen-bond donors (Lipinski definition) is 1. The van der Waals surface area contributed by atoms with Crippen LogP contribution in [0.15, 0.2) is 18.6 Å². The van der Waals surface area contributed by atoms with Crippen LogP contribution >= 0.6 is 0 Å². The number of aromatic nitrogens is 5. The molecule has 3 aromatic heterocycles. The molecule has 1 aliphatic carbocycles. The van der Waals surface area contributed by atoms with Gasteiger partial charge in [-0.2, -0.15) is 13.9 Å². The van der Waals surface area contributed by atoms with Crippen LogP contribution in [0.4, 0.5) is 8.78 Å². The first-order chi connectivity index (χ1) is 11.3. The molecule has 0 amide bonds. The van der Waals surface area contributed by atoms with Gasteiger partial charge in [-0.15, -0.1) is 5.10 Å². The van der Waals surface area contributed by atoms with Crippen LogP contribution in [0.3, 0.4) is 0 Å². The average Bonchev–Trinajstić information content (AvgIpc) is 3.17. The molecule has 0 aromatic carbocycles. The lowest BCUT2D eigenvalue weighted by Crippen LogP contribution is -2.24. The first-order valence-electron chi connectivity index (χ1n) is 7.28. The van der Waals surface area contributed by atoms with E-state index < -0.39 is 29.1 Å². The highest BCUT2D eigenvalue weighted by molar-refractivity contribution is 5.79. The van der Waals surface area contributed by atoms with Crippen molar-refractivity contribution in [2.24, 2.45) is 7.05 Å². The summed E-state index contributed by atoms with van der Waals surface area (Å²) in [5.74, 6) is -4.26. The molecular weight excluding hydrogens is 320 g/mol. The Morgan fingerprint density at radius 1 is 1.42 bits per heavy atom.